The number of para-hydroxylation sites is 1. The first-order valence-electron chi connectivity index (χ1n) is 7.39. The van der Waals surface area contributed by atoms with Crippen molar-refractivity contribution in [1.82, 2.24) is 19.5 Å². The average Bonchev–Trinajstić information content (AvgIpc) is 3.01. The van der Waals surface area contributed by atoms with E-state index in [1.165, 1.54) is 5.56 Å². The molecular weight excluding hydrogens is 286 g/mol. The molecule has 0 spiro atoms. The molecule has 5 nitrogen and oxygen atoms in total. The summed E-state index contributed by atoms with van der Waals surface area (Å²) in [5.74, 6) is 0.555. The number of imidazole rings is 1. The third-order valence-electron chi connectivity index (χ3n) is 3.63. The minimum Gasteiger partial charge on any atom is -0.324 e. The van der Waals surface area contributed by atoms with Gasteiger partial charge in [-0.1, -0.05) is 35.9 Å². The van der Waals surface area contributed by atoms with Gasteiger partial charge >= 0.3 is 0 Å². The molecule has 4 rings (SSSR count). The number of nitrogens with zero attached hydrogens (tertiary/aromatic N) is 4. The third-order valence-corrected chi connectivity index (χ3v) is 3.63. The summed E-state index contributed by atoms with van der Waals surface area (Å²) < 4.78 is 1.96. The highest BCUT2D eigenvalue weighted by molar-refractivity contribution is 5.74. The molecule has 0 atom stereocenters. The lowest BCUT2D eigenvalue weighted by Crippen LogP contribution is -1.99. The first-order chi connectivity index (χ1) is 11.3. The molecule has 0 aliphatic carbocycles. The number of nitrogens with one attached hydrogen (secondary N) is 1. The first-order valence-corrected chi connectivity index (χ1v) is 7.39. The van der Waals surface area contributed by atoms with Crippen molar-refractivity contribution in [3.63, 3.8) is 0 Å². The minimum atomic E-state index is 0.555. The van der Waals surface area contributed by atoms with Gasteiger partial charge in [0.1, 0.15) is 11.8 Å². The van der Waals surface area contributed by atoms with Crippen LogP contribution in [-0.4, -0.2) is 19.5 Å². The molecule has 23 heavy (non-hydrogen) atoms. The maximum atomic E-state index is 4.61. The van der Waals surface area contributed by atoms with Crippen LogP contribution in [0.15, 0.2) is 67.1 Å². The fraction of sp³-hybridized carbons (Fsp3) is 0.0556. The molecule has 0 unspecified atom stereocenters. The van der Waals surface area contributed by atoms with Crippen molar-refractivity contribution in [2.45, 2.75) is 6.92 Å². The fourth-order valence-electron chi connectivity index (χ4n) is 2.41. The number of hydrogen-bond donors (Lipinski definition) is 1. The molecule has 0 saturated heterocycles. The standard InChI is InChI=1S/C18H15N5/c1-13-7-9-14(10-8-13)21-18-19-11-16-17(22-18)23(12-20-16)15-5-3-2-4-6-15/h2-12H,1H3,(H,19,21,22). The SMILES string of the molecule is Cc1ccc(Nc2ncc3ncn(-c4ccccc4)c3n2)cc1. The zero-order valence-electron chi connectivity index (χ0n) is 12.6. The number of aromatic nitrogens is 4. The molecule has 1 N–H and O–H groups in total. The third kappa shape index (κ3) is 2.64. The molecule has 112 valence electrons. The van der Waals surface area contributed by atoms with E-state index in [4.69, 9.17) is 0 Å². The summed E-state index contributed by atoms with van der Waals surface area (Å²) in [6.07, 6.45) is 3.50. The monoisotopic (exact) mass is 301 g/mol. The van der Waals surface area contributed by atoms with E-state index in [-0.39, 0.29) is 0 Å². The van der Waals surface area contributed by atoms with Crippen LogP contribution in [0.1, 0.15) is 5.56 Å². The molecule has 0 fully saturated rings. The van der Waals surface area contributed by atoms with E-state index in [0.717, 1.165) is 22.5 Å². The fourth-order valence-corrected chi connectivity index (χ4v) is 2.41. The molecule has 2 aromatic heterocycles. The summed E-state index contributed by atoms with van der Waals surface area (Å²) in [6.45, 7) is 2.06. The van der Waals surface area contributed by atoms with Crippen molar-refractivity contribution >= 4 is 22.8 Å². The molecule has 4 aromatic rings. The van der Waals surface area contributed by atoms with Crippen LogP contribution in [0.25, 0.3) is 16.9 Å². The van der Waals surface area contributed by atoms with Crippen molar-refractivity contribution in [2.75, 3.05) is 5.32 Å². The molecule has 0 amide bonds. The lowest BCUT2D eigenvalue weighted by molar-refractivity contribution is 1.06. The predicted octanol–water partition coefficient (Wildman–Crippen LogP) is 3.87. The maximum absolute atomic E-state index is 4.61. The Kier molecular flexibility index (Phi) is 3.24. The second kappa shape index (κ2) is 5.53. The van der Waals surface area contributed by atoms with Crippen LogP contribution in [0.2, 0.25) is 0 Å². The van der Waals surface area contributed by atoms with Gasteiger partial charge in [0.15, 0.2) is 5.65 Å². The van der Waals surface area contributed by atoms with Gasteiger partial charge in [0.05, 0.1) is 6.20 Å². The largest absolute Gasteiger partial charge is 0.324 e. The van der Waals surface area contributed by atoms with E-state index in [1.54, 1.807) is 12.5 Å². The zero-order valence-corrected chi connectivity index (χ0v) is 12.6. The van der Waals surface area contributed by atoms with Gasteiger partial charge in [-0.05, 0) is 31.2 Å². The molecule has 0 aliphatic rings. The van der Waals surface area contributed by atoms with Crippen LogP contribution in [0, 0.1) is 6.92 Å². The summed E-state index contributed by atoms with van der Waals surface area (Å²) in [7, 11) is 0. The lowest BCUT2D eigenvalue weighted by Gasteiger charge is -2.06. The van der Waals surface area contributed by atoms with E-state index < -0.39 is 0 Å². The van der Waals surface area contributed by atoms with Gasteiger partial charge in [-0.3, -0.25) is 4.57 Å². The highest BCUT2D eigenvalue weighted by Crippen LogP contribution is 2.19. The zero-order chi connectivity index (χ0) is 15.6. The van der Waals surface area contributed by atoms with Gasteiger partial charge in [-0.2, -0.15) is 4.98 Å². The summed E-state index contributed by atoms with van der Waals surface area (Å²) >= 11 is 0. The lowest BCUT2D eigenvalue weighted by atomic mass is 10.2. The average molecular weight is 301 g/mol. The van der Waals surface area contributed by atoms with E-state index in [1.807, 2.05) is 47.0 Å². The number of fused-ring (bicyclic) bond motifs is 1. The molecule has 5 heteroatoms. The Bertz CT molecular complexity index is 942. The van der Waals surface area contributed by atoms with Crippen LogP contribution < -0.4 is 5.32 Å². The number of anilines is 2. The minimum absolute atomic E-state index is 0.555. The van der Waals surface area contributed by atoms with Gasteiger partial charge < -0.3 is 5.32 Å². The van der Waals surface area contributed by atoms with Crippen LogP contribution in [0.3, 0.4) is 0 Å². The Labute approximate surface area is 133 Å². The normalized spacial score (nSPS) is 10.8. The number of hydrogen-bond acceptors (Lipinski definition) is 4. The van der Waals surface area contributed by atoms with Crippen LogP contribution in [0.4, 0.5) is 11.6 Å². The molecule has 2 heterocycles. The van der Waals surface area contributed by atoms with E-state index in [9.17, 15) is 0 Å². The van der Waals surface area contributed by atoms with Crippen LogP contribution in [-0.2, 0) is 0 Å². The predicted molar refractivity (Wildman–Crippen MR) is 91.1 cm³/mol. The number of benzene rings is 2. The van der Waals surface area contributed by atoms with E-state index >= 15 is 0 Å². The van der Waals surface area contributed by atoms with Crippen molar-refractivity contribution in [2.24, 2.45) is 0 Å². The Morgan fingerprint density at radius 2 is 1.70 bits per heavy atom. The number of rotatable bonds is 3. The molecule has 2 aromatic carbocycles. The summed E-state index contributed by atoms with van der Waals surface area (Å²) in [6, 6.07) is 18.1. The van der Waals surface area contributed by atoms with Crippen LogP contribution >= 0.6 is 0 Å². The molecule has 0 bridgehead atoms. The number of aryl methyl sites for hydroxylation is 1. The van der Waals surface area contributed by atoms with Crippen molar-refractivity contribution in [3.05, 3.63) is 72.7 Å². The van der Waals surface area contributed by atoms with E-state index in [0.29, 0.717) is 5.95 Å². The topological polar surface area (TPSA) is 55.6 Å². The van der Waals surface area contributed by atoms with Gasteiger partial charge in [0, 0.05) is 11.4 Å². The van der Waals surface area contributed by atoms with Gasteiger partial charge in [-0.15, -0.1) is 0 Å². The highest BCUT2D eigenvalue weighted by atomic mass is 15.2. The Morgan fingerprint density at radius 1 is 0.913 bits per heavy atom. The molecular formula is C18H15N5. The first kappa shape index (κ1) is 13.5. The van der Waals surface area contributed by atoms with Crippen molar-refractivity contribution in [3.8, 4) is 5.69 Å². The molecule has 0 radical (unpaired) electrons. The van der Waals surface area contributed by atoms with E-state index in [2.05, 4.69) is 39.3 Å². The Balaban J connectivity index is 1.73. The second-order valence-electron chi connectivity index (χ2n) is 5.34. The van der Waals surface area contributed by atoms with Gasteiger partial charge in [0.25, 0.3) is 0 Å². The van der Waals surface area contributed by atoms with Crippen LogP contribution in [0.5, 0.6) is 0 Å². The maximum Gasteiger partial charge on any atom is 0.229 e. The summed E-state index contributed by atoms with van der Waals surface area (Å²) in [4.78, 5) is 13.3. The smallest absolute Gasteiger partial charge is 0.229 e. The van der Waals surface area contributed by atoms with Crippen molar-refractivity contribution < 1.29 is 0 Å². The molecule has 0 aliphatic heterocycles. The summed E-state index contributed by atoms with van der Waals surface area (Å²) in [5, 5.41) is 3.23. The Morgan fingerprint density at radius 3 is 2.48 bits per heavy atom. The quantitative estimate of drug-likeness (QED) is 0.624. The van der Waals surface area contributed by atoms with Gasteiger partial charge in [0.2, 0.25) is 5.95 Å². The van der Waals surface area contributed by atoms with Crippen molar-refractivity contribution in [1.29, 1.82) is 0 Å². The Hall–Kier alpha value is -3.21. The van der Waals surface area contributed by atoms with Gasteiger partial charge in [-0.25, -0.2) is 9.97 Å². The second-order valence-corrected chi connectivity index (χ2v) is 5.34. The highest BCUT2D eigenvalue weighted by Gasteiger charge is 2.08. The summed E-state index contributed by atoms with van der Waals surface area (Å²) in [5.41, 5.74) is 4.74. The molecule has 0 saturated carbocycles.